The van der Waals surface area contributed by atoms with E-state index in [0.29, 0.717) is 12.1 Å². The van der Waals surface area contributed by atoms with E-state index in [-0.39, 0.29) is 18.0 Å². The quantitative estimate of drug-likeness (QED) is 0.774. The fourth-order valence-corrected chi connectivity index (χ4v) is 1.24. The van der Waals surface area contributed by atoms with Crippen LogP contribution in [0.1, 0.15) is 29.3 Å². The predicted molar refractivity (Wildman–Crippen MR) is 65.0 cm³/mol. The highest BCUT2D eigenvalue weighted by Crippen LogP contribution is 2.09. The summed E-state index contributed by atoms with van der Waals surface area (Å²) in [5, 5.41) is 2.68. The van der Waals surface area contributed by atoms with Crippen LogP contribution in [0.2, 0.25) is 0 Å². The number of carbonyl (C=O) groups excluding carboxylic acids is 1. The van der Waals surface area contributed by atoms with Crippen LogP contribution < -0.4 is 11.1 Å². The minimum Gasteiger partial charge on any atom is -0.352 e. The standard InChI is InChI=1S/C13H15FN2O/c1-2-8-16-13(17)11-6-5-10(4-3-7-15)12(14)9-11/h5-6,9H,2,7-8,15H2,1H3,(H,16,17). The van der Waals surface area contributed by atoms with E-state index < -0.39 is 5.82 Å². The van der Waals surface area contributed by atoms with E-state index in [1.54, 1.807) is 6.07 Å². The van der Waals surface area contributed by atoms with Gasteiger partial charge in [0, 0.05) is 12.1 Å². The van der Waals surface area contributed by atoms with Gasteiger partial charge >= 0.3 is 0 Å². The third-order valence-corrected chi connectivity index (χ3v) is 2.09. The van der Waals surface area contributed by atoms with Crippen LogP contribution in [0.3, 0.4) is 0 Å². The maximum Gasteiger partial charge on any atom is 0.251 e. The molecule has 0 aliphatic heterocycles. The van der Waals surface area contributed by atoms with Gasteiger partial charge in [0.15, 0.2) is 0 Å². The lowest BCUT2D eigenvalue weighted by Crippen LogP contribution is -2.24. The van der Waals surface area contributed by atoms with Crippen molar-refractivity contribution < 1.29 is 9.18 Å². The van der Waals surface area contributed by atoms with Crippen LogP contribution in [0.15, 0.2) is 18.2 Å². The Kier molecular flexibility index (Phi) is 5.18. The smallest absolute Gasteiger partial charge is 0.251 e. The van der Waals surface area contributed by atoms with Crippen LogP contribution in [0, 0.1) is 17.7 Å². The minimum atomic E-state index is -0.505. The Bertz CT molecular complexity index is 460. The summed E-state index contributed by atoms with van der Waals surface area (Å²) in [7, 11) is 0. The highest BCUT2D eigenvalue weighted by Gasteiger charge is 2.07. The summed E-state index contributed by atoms with van der Waals surface area (Å²) >= 11 is 0. The molecule has 90 valence electrons. The Balaban J connectivity index is 2.85. The number of amides is 1. The number of hydrogen-bond donors (Lipinski definition) is 2. The molecule has 0 atom stereocenters. The van der Waals surface area contributed by atoms with Crippen LogP contribution >= 0.6 is 0 Å². The van der Waals surface area contributed by atoms with Crippen LogP contribution in [0.4, 0.5) is 4.39 Å². The minimum absolute atomic E-state index is 0.179. The van der Waals surface area contributed by atoms with Gasteiger partial charge in [-0.3, -0.25) is 4.79 Å². The van der Waals surface area contributed by atoms with Gasteiger partial charge in [0.25, 0.3) is 5.91 Å². The average molecular weight is 234 g/mol. The number of halogens is 1. The molecule has 0 heterocycles. The topological polar surface area (TPSA) is 55.1 Å². The molecule has 0 aliphatic rings. The van der Waals surface area contributed by atoms with Gasteiger partial charge in [-0.05, 0) is 24.6 Å². The second kappa shape index (κ2) is 6.66. The largest absolute Gasteiger partial charge is 0.352 e. The van der Waals surface area contributed by atoms with Crippen molar-refractivity contribution in [2.45, 2.75) is 13.3 Å². The molecule has 3 nitrogen and oxygen atoms in total. The van der Waals surface area contributed by atoms with Crippen molar-refractivity contribution in [1.82, 2.24) is 5.32 Å². The predicted octanol–water partition coefficient (Wildman–Crippen LogP) is 1.28. The summed E-state index contributed by atoms with van der Waals surface area (Å²) < 4.78 is 13.5. The monoisotopic (exact) mass is 234 g/mol. The van der Waals surface area contributed by atoms with Gasteiger partial charge in [0.2, 0.25) is 0 Å². The van der Waals surface area contributed by atoms with Crippen molar-refractivity contribution in [1.29, 1.82) is 0 Å². The van der Waals surface area contributed by atoms with Crippen LogP contribution in [0.5, 0.6) is 0 Å². The van der Waals surface area contributed by atoms with Gasteiger partial charge < -0.3 is 11.1 Å². The number of hydrogen-bond acceptors (Lipinski definition) is 2. The second-order valence-electron chi connectivity index (χ2n) is 3.46. The molecule has 1 aromatic rings. The Hall–Kier alpha value is -1.86. The summed E-state index contributed by atoms with van der Waals surface area (Å²) in [5.41, 5.74) is 5.75. The molecule has 1 amide bonds. The lowest BCUT2D eigenvalue weighted by atomic mass is 10.1. The Morgan fingerprint density at radius 2 is 2.29 bits per heavy atom. The summed E-state index contributed by atoms with van der Waals surface area (Å²) in [6, 6.07) is 4.22. The van der Waals surface area contributed by atoms with Crippen LogP contribution in [-0.4, -0.2) is 19.0 Å². The lowest BCUT2D eigenvalue weighted by Gasteiger charge is -2.04. The molecule has 1 rings (SSSR count). The van der Waals surface area contributed by atoms with Crippen LogP contribution in [0.25, 0.3) is 0 Å². The van der Waals surface area contributed by atoms with Crippen molar-refractivity contribution >= 4 is 5.91 Å². The first kappa shape index (κ1) is 13.2. The maximum atomic E-state index is 13.5. The molecule has 0 spiro atoms. The van der Waals surface area contributed by atoms with Gasteiger partial charge in [-0.2, -0.15) is 0 Å². The third-order valence-electron chi connectivity index (χ3n) is 2.09. The fraction of sp³-hybridized carbons (Fsp3) is 0.308. The number of benzene rings is 1. The molecule has 0 saturated carbocycles. The normalized spacial score (nSPS) is 9.35. The molecule has 4 heteroatoms. The van der Waals surface area contributed by atoms with Gasteiger partial charge in [-0.1, -0.05) is 18.8 Å². The molecule has 0 saturated heterocycles. The zero-order valence-corrected chi connectivity index (χ0v) is 9.72. The van der Waals surface area contributed by atoms with Crippen molar-refractivity contribution in [2.75, 3.05) is 13.1 Å². The summed E-state index contributed by atoms with van der Waals surface area (Å²) in [4.78, 5) is 11.5. The van der Waals surface area contributed by atoms with Crippen molar-refractivity contribution in [3.63, 3.8) is 0 Å². The highest BCUT2D eigenvalue weighted by molar-refractivity contribution is 5.94. The zero-order chi connectivity index (χ0) is 12.7. The van der Waals surface area contributed by atoms with Gasteiger partial charge in [0.1, 0.15) is 5.82 Å². The Morgan fingerprint density at radius 1 is 1.53 bits per heavy atom. The highest BCUT2D eigenvalue weighted by atomic mass is 19.1. The summed E-state index contributed by atoms with van der Waals surface area (Å²) in [6.07, 6.45) is 0.842. The second-order valence-corrected chi connectivity index (χ2v) is 3.46. The molecule has 3 N–H and O–H groups in total. The molecule has 0 radical (unpaired) electrons. The molecule has 17 heavy (non-hydrogen) atoms. The maximum absolute atomic E-state index is 13.5. The molecule has 0 bridgehead atoms. The van der Waals surface area contributed by atoms with E-state index in [0.717, 1.165) is 6.42 Å². The number of nitrogens with two attached hydrogens (primary N) is 1. The molecule has 0 aliphatic carbocycles. The molecule has 1 aromatic carbocycles. The fourth-order valence-electron chi connectivity index (χ4n) is 1.24. The van der Waals surface area contributed by atoms with Gasteiger partial charge in [-0.25, -0.2) is 4.39 Å². The van der Waals surface area contributed by atoms with E-state index in [4.69, 9.17) is 5.73 Å². The Morgan fingerprint density at radius 3 is 2.88 bits per heavy atom. The van der Waals surface area contributed by atoms with E-state index >= 15 is 0 Å². The van der Waals surface area contributed by atoms with Gasteiger partial charge in [-0.15, -0.1) is 0 Å². The lowest BCUT2D eigenvalue weighted by molar-refractivity contribution is 0.0953. The molecule has 0 unspecified atom stereocenters. The summed E-state index contributed by atoms with van der Waals surface area (Å²) in [5.74, 6) is 4.39. The Labute approximate surface area is 100 Å². The first-order valence-corrected chi connectivity index (χ1v) is 5.45. The molecule has 0 aromatic heterocycles. The average Bonchev–Trinajstić information content (AvgIpc) is 2.34. The number of carbonyl (C=O) groups is 1. The third kappa shape index (κ3) is 3.89. The number of nitrogens with one attached hydrogen (secondary N) is 1. The SMILES string of the molecule is CCCNC(=O)c1ccc(C#CCN)c(F)c1. The van der Waals surface area contributed by atoms with Gasteiger partial charge in [0.05, 0.1) is 12.1 Å². The molecular formula is C13H15FN2O. The van der Waals surface area contributed by atoms with E-state index in [9.17, 15) is 9.18 Å². The van der Waals surface area contributed by atoms with Crippen molar-refractivity contribution in [2.24, 2.45) is 5.73 Å². The van der Waals surface area contributed by atoms with E-state index in [1.807, 2.05) is 6.92 Å². The number of rotatable bonds is 3. The van der Waals surface area contributed by atoms with E-state index in [2.05, 4.69) is 17.2 Å². The van der Waals surface area contributed by atoms with Crippen molar-refractivity contribution in [3.05, 3.63) is 35.1 Å². The summed E-state index contributed by atoms with van der Waals surface area (Å²) in [6.45, 7) is 2.71. The first-order valence-electron chi connectivity index (χ1n) is 5.45. The first-order chi connectivity index (χ1) is 8.19. The van der Waals surface area contributed by atoms with E-state index in [1.165, 1.54) is 12.1 Å². The zero-order valence-electron chi connectivity index (χ0n) is 9.72. The van der Waals surface area contributed by atoms with Crippen LogP contribution in [-0.2, 0) is 0 Å². The molecule has 0 fully saturated rings. The molecular weight excluding hydrogens is 219 g/mol. The van der Waals surface area contributed by atoms with Crippen molar-refractivity contribution in [3.8, 4) is 11.8 Å².